The molecule has 0 spiro atoms. The number of ketones is 1. The van der Waals surface area contributed by atoms with Gasteiger partial charge < -0.3 is 0 Å². The third-order valence-corrected chi connectivity index (χ3v) is 9.23. The van der Waals surface area contributed by atoms with E-state index in [2.05, 4.69) is 9.59 Å². The molecule has 3 atom stereocenters. The number of benzene rings is 2. The van der Waals surface area contributed by atoms with Crippen LogP contribution in [0.5, 0.6) is 0 Å². The van der Waals surface area contributed by atoms with E-state index in [1.54, 1.807) is 38.1 Å². The number of rotatable bonds is 7. The number of hydrogen-bond donors (Lipinski definition) is 0. The van der Waals surface area contributed by atoms with Gasteiger partial charge in [-0.2, -0.15) is 4.31 Å². The molecule has 0 N–H and O–H groups in total. The zero-order chi connectivity index (χ0) is 24.5. The molecule has 1 aliphatic heterocycles. The molecule has 0 amide bonds. The van der Waals surface area contributed by atoms with E-state index in [0.717, 1.165) is 23.7 Å². The van der Waals surface area contributed by atoms with Gasteiger partial charge in [-0.3, -0.25) is 4.79 Å². The minimum Gasteiger partial charge on any atom is -0.292 e. The second kappa shape index (κ2) is 9.97. The summed E-state index contributed by atoms with van der Waals surface area (Å²) in [6.07, 6.45) is 1.04. The highest BCUT2D eigenvalue weighted by atomic mass is 32.2. The lowest BCUT2D eigenvalue weighted by Gasteiger charge is -2.37. The van der Waals surface area contributed by atoms with Crippen LogP contribution >= 0.6 is 11.5 Å². The van der Waals surface area contributed by atoms with Gasteiger partial charge in [0.25, 0.3) is 0 Å². The zero-order valence-corrected chi connectivity index (χ0v) is 20.5. The van der Waals surface area contributed by atoms with Crippen LogP contribution in [-0.2, 0) is 16.6 Å². The zero-order valence-electron chi connectivity index (χ0n) is 18.8. The van der Waals surface area contributed by atoms with Crippen molar-refractivity contribution in [1.29, 1.82) is 0 Å². The van der Waals surface area contributed by atoms with Gasteiger partial charge in [-0.1, -0.05) is 41.7 Å². The molecule has 0 aliphatic carbocycles. The van der Waals surface area contributed by atoms with Crippen molar-refractivity contribution in [2.45, 2.75) is 56.9 Å². The van der Waals surface area contributed by atoms with Crippen LogP contribution in [0.4, 0.5) is 8.78 Å². The minimum atomic E-state index is -3.77. The first kappa shape index (κ1) is 24.6. The fourth-order valence-electron chi connectivity index (χ4n) is 4.40. The number of carbonyl (C=O) groups is 1. The SMILES string of the molecule is CC(CC(=O)c1csnn1)c1cc(F)c(CN2[C@H](C)CC[C@@H](c3ccccc3)S2(=O)=O)cc1F. The van der Waals surface area contributed by atoms with Crippen molar-refractivity contribution in [2.75, 3.05) is 0 Å². The predicted molar refractivity (Wildman–Crippen MR) is 126 cm³/mol. The van der Waals surface area contributed by atoms with Gasteiger partial charge in [0.1, 0.15) is 22.6 Å². The van der Waals surface area contributed by atoms with Crippen LogP contribution in [0.3, 0.4) is 0 Å². The van der Waals surface area contributed by atoms with Crippen LogP contribution in [0.25, 0.3) is 0 Å². The lowest BCUT2D eigenvalue weighted by Crippen LogP contribution is -2.44. The van der Waals surface area contributed by atoms with Gasteiger partial charge >= 0.3 is 0 Å². The Morgan fingerprint density at radius 3 is 2.59 bits per heavy atom. The van der Waals surface area contributed by atoms with Gasteiger partial charge in [-0.25, -0.2) is 17.2 Å². The Kier molecular flexibility index (Phi) is 7.20. The molecule has 2 aromatic carbocycles. The quantitative estimate of drug-likeness (QED) is 0.410. The fraction of sp³-hybridized carbons (Fsp3) is 0.375. The highest BCUT2D eigenvalue weighted by molar-refractivity contribution is 7.89. The van der Waals surface area contributed by atoms with Gasteiger partial charge in [0.15, 0.2) is 5.78 Å². The van der Waals surface area contributed by atoms with E-state index in [1.807, 2.05) is 6.07 Å². The number of hydrogen-bond acceptors (Lipinski definition) is 6. The Balaban J connectivity index is 1.56. The largest absolute Gasteiger partial charge is 0.292 e. The molecular weight excluding hydrogens is 480 g/mol. The van der Waals surface area contributed by atoms with Crippen LogP contribution in [0.1, 0.15) is 71.5 Å². The molecule has 34 heavy (non-hydrogen) atoms. The fourth-order valence-corrected chi connectivity index (χ4v) is 7.05. The summed E-state index contributed by atoms with van der Waals surface area (Å²) in [6, 6.07) is 10.7. The van der Waals surface area contributed by atoms with Crippen molar-refractivity contribution in [3.05, 3.63) is 81.9 Å². The number of carbonyl (C=O) groups excluding carboxylic acids is 1. The number of nitrogens with zero attached hydrogens (tertiary/aromatic N) is 3. The third kappa shape index (κ3) is 4.94. The lowest BCUT2D eigenvalue weighted by molar-refractivity contribution is 0.0970. The maximum Gasteiger partial charge on any atom is 0.221 e. The standard InChI is InChI=1S/C24H25F2N3O3S2/c1-15(10-23(30)22-14-33-28-27-22)19-12-20(25)18(11-21(19)26)13-29-16(2)8-9-24(34(29,31)32)17-6-4-3-5-7-17/h3-7,11-12,14-16,24H,8-10,13H2,1-2H3/t15?,16-,24+/m1/s1. The highest BCUT2D eigenvalue weighted by Crippen LogP contribution is 2.38. The van der Waals surface area contributed by atoms with Crippen molar-refractivity contribution in [3.63, 3.8) is 0 Å². The summed E-state index contributed by atoms with van der Waals surface area (Å²) in [5.41, 5.74) is 0.920. The first-order valence-corrected chi connectivity index (χ1v) is 13.4. The molecule has 0 radical (unpaired) electrons. The Bertz CT molecular complexity index is 1270. The van der Waals surface area contributed by atoms with Crippen LogP contribution in [0.2, 0.25) is 0 Å². The summed E-state index contributed by atoms with van der Waals surface area (Å²) in [5, 5.41) is 4.51. The summed E-state index contributed by atoms with van der Waals surface area (Å²) in [4.78, 5) is 12.3. The third-order valence-electron chi connectivity index (χ3n) is 6.36. The average Bonchev–Trinajstić information content (AvgIpc) is 3.34. The topological polar surface area (TPSA) is 80.2 Å². The number of halogens is 2. The van der Waals surface area contributed by atoms with Crippen molar-refractivity contribution >= 4 is 27.3 Å². The smallest absolute Gasteiger partial charge is 0.221 e. The monoisotopic (exact) mass is 505 g/mol. The Morgan fingerprint density at radius 1 is 1.18 bits per heavy atom. The molecule has 0 bridgehead atoms. The number of aromatic nitrogens is 2. The Hall–Kier alpha value is -2.56. The van der Waals surface area contributed by atoms with E-state index in [0.29, 0.717) is 18.4 Å². The van der Waals surface area contributed by atoms with E-state index >= 15 is 4.39 Å². The Morgan fingerprint density at radius 2 is 1.91 bits per heavy atom. The average molecular weight is 506 g/mol. The van der Waals surface area contributed by atoms with E-state index in [9.17, 15) is 17.6 Å². The summed E-state index contributed by atoms with van der Waals surface area (Å²) >= 11 is 1.04. The van der Waals surface area contributed by atoms with Gasteiger partial charge in [0, 0.05) is 30.0 Å². The molecule has 10 heteroatoms. The molecule has 180 valence electrons. The molecule has 4 rings (SSSR count). The van der Waals surface area contributed by atoms with E-state index in [-0.39, 0.29) is 41.6 Å². The van der Waals surface area contributed by atoms with Gasteiger partial charge in [-0.15, -0.1) is 5.10 Å². The van der Waals surface area contributed by atoms with Gasteiger partial charge in [0.2, 0.25) is 10.0 Å². The molecule has 6 nitrogen and oxygen atoms in total. The first-order chi connectivity index (χ1) is 16.2. The van der Waals surface area contributed by atoms with Crippen LogP contribution < -0.4 is 0 Å². The molecule has 2 heterocycles. The molecular formula is C24H25F2N3O3S2. The highest BCUT2D eigenvalue weighted by Gasteiger charge is 2.40. The number of sulfonamides is 1. The van der Waals surface area contributed by atoms with Crippen molar-refractivity contribution in [1.82, 2.24) is 13.9 Å². The second-order valence-corrected chi connectivity index (χ2v) is 11.4. The maximum atomic E-state index is 15.1. The summed E-state index contributed by atoms with van der Waals surface area (Å²) < 4.78 is 61.8. The van der Waals surface area contributed by atoms with E-state index in [1.165, 1.54) is 9.69 Å². The first-order valence-electron chi connectivity index (χ1n) is 11.0. The summed E-state index contributed by atoms with van der Waals surface area (Å²) in [6.45, 7) is 3.16. The van der Waals surface area contributed by atoms with Crippen LogP contribution in [0.15, 0.2) is 47.8 Å². The van der Waals surface area contributed by atoms with Crippen molar-refractivity contribution in [3.8, 4) is 0 Å². The molecule has 3 aromatic rings. The Labute approximate surface area is 201 Å². The van der Waals surface area contributed by atoms with Gasteiger partial charge in [-0.05, 0) is 60.5 Å². The molecule has 0 saturated carbocycles. The van der Waals surface area contributed by atoms with Crippen molar-refractivity contribution in [2.24, 2.45) is 0 Å². The molecule has 1 saturated heterocycles. The van der Waals surface area contributed by atoms with E-state index < -0.39 is 32.8 Å². The molecule has 1 unspecified atom stereocenters. The van der Waals surface area contributed by atoms with Crippen LogP contribution in [-0.4, -0.2) is 34.1 Å². The summed E-state index contributed by atoms with van der Waals surface area (Å²) in [5.74, 6) is -2.26. The normalized spacial score (nSPS) is 21.3. The maximum absolute atomic E-state index is 15.1. The second-order valence-electron chi connectivity index (χ2n) is 8.70. The molecule has 1 aliphatic rings. The molecule has 1 fully saturated rings. The van der Waals surface area contributed by atoms with Crippen LogP contribution in [0, 0.1) is 11.6 Å². The van der Waals surface area contributed by atoms with Gasteiger partial charge in [0.05, 0.1) is 0 Å². The van der Waals surface area contributed by atoms with E-state index in [4.69, 9.17) is 0 Å². The molecule has 1 aromatic heterocycles. The predicted octanol–water partition coefficient (Wildman–Crippen LogP) is 5.25. The number of Topliss-reactive ketones (excluding diaryl/α,β-unsaturated/α-hetero) is 1. The summed E-state index contributed by atoms with van der Waals surface area (Å²) in [7, 11) is -3.77. The minimum absolute atomic E-state index is 0.0346. The lowest BCUT2D eigenvalue weighted by atomic mass is 9.93. The van der Waals surface area contributed by atoms with Crippen molar-refractivity contribution < 1.29 is 22.0 Å².